The van der Waals surface area contributed by atoms with Crippen molar-refractivity contribution in [3.8, 4) is 0 Å². The van der Waals surface area contributed by atoms with Crippen LogP contribution in [0.25, 0.3) is 0 Å². The highest BCUT2D eigenvalue weighted by molar-refractivity contribution is 5.68. The van der Waals surface area contributed by atoms with Gasteiger partial charge < -0.3 is 14.4 Å². The Morgan fingerprint density at radius 2 is 2.32 bits per heavy atom. The molecular weight excluding hydrogens is 250 g/mol. The third-order valence-electron chi connectivity index (χ3n) is 3.21. The molecule has 104 valence electrons. The van der Waals surface area contributed by atoms with Crippen molar-refractivity contribution in [2.45, 2.75) is 19.1 Å². The van der Waals surface area contributed by atoms with E-state index in [9.17, 15) is 9.59 Å². The summed E-state index contributed by atoms with van der Waals surface area (Å²) >= 11 is 0. The average Bonchev–Trinajstić information content (AvgIpc) is 2.89. The van der Waals surface area contributed by atoms with E-state index in [2.05, 4.69) is 9.84 Å². The molecule has 1 saturated heterocycles. The molecule has 0 radical (unpaired) electrons. The van der Waals surface area contributed by atoms with E-state index in [-0.39, 0.29) is 18.2 Å². The first kappa shape index (κ1) is 13.5. The number of hydrogen-bond donors (Lipinski definition) is 0. The first-order chi connectivity index (χ1) is 9.13. The number of carbonyl (C=O) groups excluding carboxylic acids is 1. The summed E-state index contributed by atoms with van der Waals surface area (Å²) in [4.78, 5) is 25.0. The zero-order valence-corrected chi connectivity index (χ0v) is 11.0. The minimum atomic E-state index is -0.497. The molecule has 7 heteroatoms. The highest BCUT2D eigenvalue weighted by Crippen LogP contribution is 2.19. The fourth-order valence-electron chi connectivity index (χ4n) is 2.06. The van der Waals surface area contributed by atoms with Gasteiger partial charge in [-0.05, 0) is 6.42 Å². The molecule has 0 spiro atoms. The zero-order valence-electron chi connectivity index (χ0n) is 11.0. The molecule has 1 aliphatic rings. The van der Waals surface area contributed by atoms with Crippen LogP contribution in [0.3, 0.4) is 0 Å². The second-order valence-corrected chi connectivity index (χ2v) is 4.38. The quantitative estimate of drug-likeness (QED) is 0.694. The summed E-state index contributed by atoms with van der Waals surface area (Å²) in [7, 11) is 2.96. The fraction of sp³-hybridized carbons (Fsp3) is 0.583. The normalized spacial score (nSPS) is 18.6. The lowest BCUT2D eigenvalue weighted by Gasteiger charge is -2.17. The lowest BCUT2D eigenvalue weighted by molar-refractivity contribution is -0.141. The predicted octanol–water partition coefficient (Wildman–Crippen LogP) is -0.359. The van der Waals surface area contributed by atoms with Gasteiger partial charge in [-0.2, -0.15) is 5.10 Å². The van der Waals surface area contributed by atoms with Crippen LogP contribution < -0.4 is 10.5 Å². The topological polar surface area (TPSA) is 73.7 Å². The van der Waals surface area contributed by atoms with E-state index in [0.29, 0.717) is 0 Å². The summed E-state index contributed by atoms with van der Waals surface area (Å²) in [6, 6.07) is 1.48. The molecule has 0 saturated carbocycles. The molecule has 1 aromatic rings. The Labute approximate surface area is 110 Å². The van der Waals surface area contributed by atoms with Gasteiger partial charge in [-0.1, -0.05) is 0 Å². The number of methoxy groups -OCH3 is 2. The fourth-order valence-corrected chi connectivity index (χ4v) is 2.06. The molecule has 1 aromatic heterocycles. The molecule has 0 aromatic carbocycles. The van der Waals surface area contributed by atoms with Gasteiger partial charge in [0.2, 0.25) is 0 Å². The van der Waals surface area contributed by atoms with Crippen molar-refractivity contribution in [3.63, 3.8) is 0 Å². The SMILES string of the molecule is COC(=O)Cn1ncc(N2CCC(OC)C2)cc1=O. The van der Waals surface area contributed by atoms with Crippen LogP contribution >= 0.6 is 0 Å². The highest BCUT2D eigenvalue weighted by Gasteiger charge is 2.23. The summed E-state index contributed by atoms with van der Waals surface area (Å²) in [6.45, 7) is 1.41. The van der Waals surface area contributed by atoms with Crippen LogP contribution in [0.15, 0.2) is 17.1 Å². The minimum absolute atomic E-state index is 0.170. The smallest absolute Gasteiger partial charge is 0.327 e. The number of carbonyl (C=O) groups is 1. The lowest BCUT2D eigenvalue weighted by atomic mass is 10.3. The Morgan fingerprint density at radius 1 is 1.53 bits per heavy atom. The number of hydrogen-bond acceptors (Lipinski definition) is 6. The molecule has 0 bridgehead atoms. The Morgan fingerprint density at radius 3 is 2.89 bits per heavy atom. The van der Waals surface area contributed by atoms with Crippen molar-refractivity contribution in [3.05, 3.63) is 22.6 Å². The summed E-state index contributed by atoms with van der Waals surface area (Å²) in [5.41, 5.74) is 0.439. The van der Waals surface area contributed by atoms with Gasteiger partial charge in [0.15, 0.2) is 0 Å². The maximum atomic E-state index is 11.8. The van der Waals surface area contributed by atoms with Gasteiger partial charge in [0.25, 0.3) is 5.56 Å². The van der Waals surface area contributed by atoms with E-state index in [1.807, 2.05) is 4.90 Å². The number of anilines is 1. The molecule has 0 amide bonds. The maximum Gasteiger partial charge on any atom is 0.327 e. The molecule has 2 heterocycles. The van der Waals surface area contributed by atoms with E-state index in [0.717, 1.165) is 29.9 Å². The van der Waals surface area contributed by atoms with Crippen molar-refractivity contribution in [2.75, 3.05) is 32.2 Å². The van der Waals surface area contributed by atoms with Crippen LogP contribution in [-0.2, 0) is 20.8 Å². The molecule has 7 nitrogen and oxygen atoms in total. The Bertz CT molecular complexity index is 514. The van der Waals surface area contributed by atoms with Crippen LogP contribution in [0.2, 0.25) is 0 Å². The molecule has 0 N–H and O–H groups in total. The van der Waals surface area contributed by atoms with E-state index in [1.54, 1.807) is 13.3 Å². The molecule has 2 rings (SSSR count). The van der Waals surface area contributed by atoms with E-state index >= 15 is 0 Å². The third-order valence-corrected chi connectivity index (χ3v) is 3.21. The van der Waals surface area contributed by atoms with E-state index in [4.69, 9.17) is 4.74 Å². The first-order valence-corrected chi connectivity index (χ1v) is 6.05. The molecule has 1 aliphatic heterocycles. The number of aromatic nitrogens is 2. The van der Waals surface area contributed by atoms with Crippen LogP contribution in [-0.4, -0.2) is 49.2 Å². The maximum absolute atomic E-state index is 11.8. The monoisotopic (exact) mass is 267 g/mol. The van der Waals surface area contributed by atoms with Crippen molar-refractivity contribution < 1.29 is 14.3 Å². The summed E-state index contributed by atoms with van der Waals surface area (Å²) < 4.78 is 10.9. The van der Waals surface area contributed by atoms with Gasteiger partial charge in [-0.3, -0.25) is 9.59 Å². The van der Waals surface area contributed by atoms with Crippen molar-refractivity contribution in [2.24, 2.45) is 0 Å². The van der Waals surface area contributed by atoms with Gasteiger partial charge in [-0.15, -0.1) is 0 Å². The van der Waals surface area contributed by atoms with Gasteiger partial charge in [0.05, 0.1) is 25.1 Å². The number of ether oxygens (including phenoxy) is 2. The molecule has 1 fully saturated rings. The summed E-state index contributed by atoms with van der Waals surface area (Å²) in [5, 5.41) is 3.98. The molecular formula is C12H17N3O4. The zero-order chi connectivity index (χ0) is 13.8. The average molecular weight is 267 g/mol. The largest absolute Gasteiger partial charge is 0.468 e. The summed E-state index contributed by atoms with van der Waals surface area (Å²) in [5.74, 6) is -0.497. The minimum Gasteiger partial charge on any atom is -0.468 e. The van der Waals surface area contributed by atoms with E-state index in [1.165, 1.54) is 13.2 Å². The molecule has 1 atom stereocenters. The second kappa shape index (κ2) is 5.83. The molecule has 19 heavy (non-hydrogen) atoms. The predicted molar refractivity (Wildman–Crippen MR) is 68.1 cm³/mol. The van der Waals surface area contributed by atoms with Gasteiger partial charge in [0.1, 0.15) is 6.54 Å². The van der Waals surface area contributed by atoms with Gasteiger partial charge >= 0.3 is 5.97 Å². The van der Waals surface area contributed by atoms with Gasteiger partial charge in [0, 0.05) is 26.3 Å². The van der Waals surface area contributed by atoms with Crippen LogP contribution in [0.1, 0.15) is 6.42 Å². The van der Waals surface area contributed by atoms with Crippen molar-refractivity contribution >= 4 is 11.7 Å². The number of nitrogens with zero attached hydrogens (tertiary/aromatic N) is 3. The second-order valence-electron chi connectivity index (χ2n) is 4.38. The Hall–Kier alpha value is -1.89. The molecule has 0 aliphatic carbocycles. The highest BCUT2D eigenvalue weighted by atomic mass is 16.5. The first-order valence-electron chi connectivity index (χ1n) is 6.05. The molecule has 1 unspecified atom stereocenters. The van der Waals surface area contributed by atoms with Crippen LogP contribution in [0, 0.1) is 0 Å². The third kappa shape index (κ3) is 3.11. The lowest BCUT2D eigenvalue weighted by Crippen LogP contribution is -2.29. The van der Waals surface area contributed by atoms with Crippen LogP contribution in [0.4, 0.5) is 5.69 Å². The number of esters is 1. The summed E-state index contributed by atoms with van der Waals surface area (Å²) in [6.07, 6.45) is 2.71. The van der Waals surface area contributed by atoms with Gasteiger partial charge in [-0.25, -0.2) is 4.68 Å². The Kier molecular flexibility index (Phi) is 4.16. The standard InChI is InChI=1S/C12H17N3O4/c1-18-10-3-4-14(7-10)9-5-11(16)15(13-6-9)8-12(17)19-2/h5-6,10H,3-4,7-8H2,1-2H3. The van der Waals surface area contributed by atoms with Crippen LogP contribution in [0.5, 0.6) is 0 Å². The Balaban J connectivity index is 2.11. The van der Waals surface area contributed by atoms with Crippen molar-refractivity contribution in [1.29, 1.82) is 0 Å². The number of rotatable bonds is 4. The van der Waals surface area contributed by atoms with Crippen molar-refractivity contribution in [1.82, 2.24) is 9.78 Å². The van der Waals surface area contributed by atoms with E-state index < -0.39 is 5.97 Å².